The highest BCUT2D eigenvalue weighted by molar-refractivity contribution is 7.70. The maximum atomic E-state index is 12.9. The second-order valence-corrected chi connectivity index (χ2v) is 14.0. The maximum Gasteiger partial charge on any atom is 0.146 e. The standard InChI is InChI=1S/C35H25N2OP/c1-39(2,38)24-16-17-29-31(21-24)28-13-7-8-14-33(28)37-34-20-23(15-18-32(34)36-35(29)37)30-19-22-9-3-4-10-25(22)26-11-5-6-12-27(26)30/h3-21H,1-2H3. The van der Waals surface area contributed by atoms with Gasteiger partial charge in [-0.3, -0.25) is 4.40 Å². The molecule has 186 valence electrons. The molecule has 0 N–H and O–H groups in total. The number of imidazole rings is 1. The maximum absolute atomic E-state index is 12.9. The summed E-state index contributed by atoms with van der Waals surface area (Å²) in [5.41, 5.74) is 6.46. The second-order valence-electron chi connectivity index (χ2n) is 10.8. The summed E-state index contributed by atoms with van der Waals surface area (Å²) < 4.78 is 15.2. The van der Waals surface area contributed by atoms with Gasteiger partial charge < -0.3 is 4.57 Å². The summed E-state index contributed by atoms with van der Waals surface area (Å²) in [5, 5.41) is 9.21. The van der Waals surface area contributed by atoms with Crippen LogP contribution in [0.4, 0.5) is 0 Å². The molecule has 0 aliphatic heterocycles. The van der Waals surface area contributed by atoms with Crippen molar-refractivity contribution in [3.05, 3.63) is 115 Å². The van der Waals surface area contributed by atoms with Crippen molar-refractivity contribution >= 4 is 72.3 Å². The summed E-state index contributed by atoms with van der Waals surface area (Å²) in [5.74, 6) is 0. The van der Waals surface area contributed by atoms with Crippen LogP contribution in [0.3, 0.4) is 0 Å². The van der Waals surface area contributed by atoms with Crippen LogP contribution >= 0.6 is 7.14 Å². The molecule has 8 rings (SSSR count). The number of pyridine rings is 1. The summed E-state index contributed by atoms with van der Waals surface area (Å²) in [6, 6.07) is 40.9. The van der Waals surface area contributed by atoms with Gasteiger partial charge in [-0.1, -0.05) is 78.9 Å². The zero-order chi connectivity index (χ0) is 26.3. The number of aromatic nitrogens is 2. The molecular weight excluding hydrogens is 495 g/mol. The van der Waals surface area contributed by atoms with Gasteiger partial charge in [-0.05, 0) is 87.8 Å². The van der Waals surface area contributed by atoms with E-state index in [1.54, 1.807) is 0 Å². The lowest BCUT2D eigenvalue weighted by Crippen LogP contribution is -2.03. The Bertz CT molecular complexity index is 2340. The van der Waals surface area contributed by atoms with Crippen molar-refractivity contribution in [1.29, 1.82) is 0 Å². The minimum atomic E-state index is -2.39. The molecule has 0 unspecified atom stereocenters. The summed E-state index contributed by atoms with van der Waals surface area (Å²) in [7, 11) is -2.39. The van der Waals surface area contributed by atoms with Crippen LogP contribution in [0.5, 0.6) is 0 Å². The Hall–Kier alpha value is -4.46. The van der Waals surface area contributed by atoms with Crippen LogP contribution in [0.1, 0.15) is 0 Å². The fraction of sp³-hybridized carbons (Fsp3) is 0.0571. The van der Waals surface area contributed by atoms with Gasteiger partial charge in [0.05, 0.1) is 16.6 Å². The van der Waals surface area contributed by atoms with Gasteiger partial charge in [-0.15, -0.1) is 0 Å². The van der Waals surface area contributed by atoms with Gasteiger partial charge in [-0.2, -0.15) is 0 Å². The summed E-state index contributed by atoms with van der Waals surface area (Å²) in [6.07, 6.45) is 0. The number of para-hydroxylation sites is 1. The first-order chi connectivity index (χ1) is 19.0. The van der Waals surface area contributed by atoms with Crippen molar-refractivity contribution in [2.45, 2.75) is 0 Å². The molecule has 2 heterocycles. The first-order valence-electron chi connectivity index (χ1n) is 13.2. The topological polar surface area (TPSA) is 34.4 Å². The van der Waals surface area contributed by atoms with Crippen LogP contribution in [0.15, 0.2) is 115 Å². The largest absolute Gasteiger partial charge is 0.319 e. The molecule has 6 aromatic carbocycles. The minimum Gasteiger partial charge on any atom is -0.319 e. The molecule has 0 spiro atoms. The fourth-order valence-electron chi connectivity index (χ4n) is 6.14. The van der Waals surface area contributed by atoms with Crippen LogP contribution < -0.4 is 5.30 Å². The van der Waals surface area contributed by atoms with Crippen LogP contribution in [-0.2, 0) is 4.57 Å². The fourth-order valence-corrected chi connectivity index (χ4v) is 7.02. The van der Waals surface area contributed by atoms with E-state index in [2.05, 4.69) is 114 Å². The van der Waals surface area contributed by atoms with E-state index in [1.807, 2.05) is 19.4 Å². The third kappa shape index (κ3) is 3.30. The van der Waals surface area contributed by atoms with Gasteiger partial charge in [-0.25, -0.2) is 4.98 Å². The van der Waals surface area contributed by atoms with Gasteiger partial charge in [0.1, 0.15) is 12.8 Å². The molecule has 0 fully saturated rings. The summed E-state index contributed by atoms with van der Waals surface area (Å²) in [4.78, 5) is 5.13. The van der Waals surface area contributed by atoms with E-state index in [0.29, 0.717) is 0 Å². The predicted molar refractivity (Wildman–Crippen MR) is 167 cm³/mol. The SMILES string of the molecule is CP(C)(=O)c1ccc2c(c1)c1ccccc1n1c3cc(-c4cc5ccccc5c5ccccc45)ccc3nc21. The van der Waals surface area contributed by atoms with Crippen LogP contribution in [0.25, 0.3) is 71.0 Å². The Balaban J connectivity index is 1.48. The van der Waals surface area contributed by atoms with Gasteiger partial charge in [0.15, 0.2) is 0 Å². The van der Waals surface area contributed by atoms with Crippen molar-refractivity contribution in [3.63, 3.8) is 0 Å². The molecule has 3 nitrogen and oxygen atoms in total. The second kappa shape index (κ2) is 8.02. The lowest BCUT2D eigenvalue weighted by molar-refractivity contribution is 0.588. The molecule has 0 saturated carbocycles. The summed E-state index contributed by atoms with van der Waals surface area (Å²) >= 11 is 0. The third-order valence-corrected chi connectivity index (χ3v) is 9.56. The van der Waals surface area contributed by atoms with Gasteiger partial charge in [0, 0.05) is 16.1 Å². The Morgan fingerprint density at radius 2 is 1.31 bits per heavy atom. The van der Waals surface area contributed by atoms with Crippen LogP contribution in [-0.4, -0.2) is 22.7 Å². The summed E-state index contributed by atoms with van der Waals surface area (Å²) in [6.45, 7) is 3.66. The van der Waals surface area contributed by atoms with E-state index in [4.69, 9.17) is 4.98 Å². The van der Waals surface area contributed by atoms with E-state index in [0.717, 1.165) is 43.7 Å². The lowest BCUT2D eigenvalue weighted by Gasteiger charge is -2.13. The number of fused-ring (bicyclic) bond motifs is 11. The van der Waals surface area contributed by atoms with Crippen molar-refractivity contribution in [2.24, 2.45) is 0 Å². The number of nitrogens with zero attached hydrogens (tertiary/aromatic N) is 2. The van der Waals surface area contributed by atoms with Crippen LogP contribution in [0, 0.1) is 0 Å². The van der Waals surface area contributed by atoms with E-state index in [1.165, 1.54) is 32.7 Å². The van der Waals surface area contributed by atoms with E-state index >= 15 is 0 Å². The van der Waals surface area contributed by atoms with Crippen molar-refractivity contribution in [1.82, 2.24) is 9.38 Å². The predicted octanol–water partition coefficient (Wildman–Crippen LogP) is 9.02. The van der Waals surface area contributed by atoms with Crippen molar-refractivity contribution < 1.29 is 4.57 Å². The number of hydrogen-bond donors (Lipinski definition) is 0. The average Bonchev–Trinajstić information content (AvgIpc) is 3.35. The first-order valence-corrected chi connectivity index (χ1v) is 15.8. The molecule has 4 heteroatoms. The van der Waals surface area contributed by atoms with Gasteiger partial charge in [0.25, 0.3) is 0 Å². The minimum absolute atomic E-state index is 0.895. The normalized spacial score (nSPS) is 12.5. The third-order valence-electron chi connectivity index (χ3n) is 8.03. The van der Waals surface area contributed by atoms with Gasteiger partial charge >= 0.3 is 0 Å². The number of rotatable bonds is 2. The highest BCUT2D eigenvalue weighted by Gasteiger charge is 2.18. The van der Waals surface area contributed by atoms with E-state index in [-0.39, 0.29) is 0 Å². The molecule has 0 aliphatic rings. The van der Waals surface area contributed by atoms with E-state index < -0.39 is 7.14 Å². The Morgan fingerprint density at radius 1 is 0.590 bits per heavy atom. The molecule has 39 heavy (non-hydrogen) atoms. The number of hydrogen-bond acceptors (Lipinski definition) is 2. The molecule has 0 bridgehead atoms. The molecule has 0 amide bonds. The van der Waals surface area contributed by atoms with Gasteiger partial charge in [0.2, 0.25) is 0 Å². The highest BCUT2D eigenvalue weighted by Crippen LogP contribution is 2.40. The lowest BCUT2D eigenvalue weighted by atomic mass is 9.93. The Kier molecular flexibility index (Phi) is 4.63. The highest BCUT2D eigenvalue weighted by atomic mass is 31.2. The number of benzene rings is 6. The molecule has 0 saturated heterocycles. The molecule has 0 aliphatic carbocycles. The Labute approximate surface area is 225 Å². The molecular formula is C35H25N2OP. The van der Waals surface area contributed by atoms with E-state index in [9.17, 15) is 4.57 Å². The molecule has 8 aromatic rings. The quantitative estimate of drug-likeness (QED) is 0.168. The Morgan fingerprint density at radius 3 is 2.13 bits per heavy atom. The molecule has 0 atom stereocenters. The van der Waals surface area contributed by atoms with Crippen molar-refractivity contribution in [3.8, 4) is 11.1 Å². The van der Waals surface area contributed by atoms with Crippen molar-refractivity contribution in [2.75, 3.05) is 13.3 Å². The van der Waals surface area contributed by atoms with Crippen LogP contribution in [0.2, 0.25) is 0 Å². The molecule has 2 aromatic heterocycles. The zero-order valence-corrected chi connectivity index (χ0v) is 22.6. The smallest absolute Gasteiger partial charge is 0.146 e. The molecule has 0 radical (unpaired) electrons. The first kappa shape index (κ1) is 22.5. The monoisotopic (exact) mass is 520 g/mol. The average molecular weight is 521 g/mol. The zero-order valence-electron chi connectivity index (χ0n) is 21.7.